The Hall–Kier alpha value is -0.900. The third-order valence-corrected chi connectivity index (χ3v) is 2.54. The minimum Gasteiger partial charge on any atom is -0.327 e. The van der Waals surface area contributed by atoms with Crippen LogP contribution in [-0.4, -0.2) is 14.5 Å². The molecule has 2 heterocycles. The van der Waals surface area contributed by atoms with Crippen LogP contribution in [0.2, 0.25) is 0 Å². The van der Waals surface area contributed by atoms with Crippen LogP contribution in [0, 0.1) is 6.92 Å². The predicted octanol–water partition coefficient (Wildman–Crippen LogP) is 2.52. The molecule has 0 fully saturated rings. The number of pyridine rings is 1. The Morgan fingerprint density at radius 2 is 2.31 bits per heavy atom. The van der Waals surface area contributed by atoms with E-state index in [1.54, 1.807) is 0 Å². The van der Waals surface area contributed by atoms with Gasteiger partial charge in [0.2, 0.25) is 0 Å². The van der Waals surface area contributed by atoms with Crippen LogP contribution in [0.1, 0.15) is 12.7 Å². The van der Waals surface area contributed by atoms with Gasteiger partial charge in [-0.05, 0) is 35.8 Å². The lowest BCUT2D eigenvalue weighted by atomic mass is 10.4. The minimum absolute atomic E-state index is 0.834. The summed E-state index contributed by atoms with van der Waals surface area (Å²) in [6.07, 6.45) is 1.85. The van der Waals surface area contributed by atoms with Gasteiger partial charge < -0.3 is 4.57 Å². The van der Waals surface area contributed by atoms with Crippen molar-refractivity contribution in [3.05, 3.63) is 22.7 Å². The first-order chi connectivity index (χ1) is 6.22. The van der Waals surface area contributed by atoms with Crippen molar-refractivity contribution in [3.8, 4) is 0 Å². The maximum absolute atomic E-state index is 4.44. The molecule has 0 N–H and O–H groups in total. The molecule has 68 valence electrons. The van der Waals surface area contributed by atoms with Crippen molar-refractivity contribution in [1.82, 2.24) is 14.5 Å². The molecular formula is C9H10BrN3. The highest BCUT2D eigenvalue weighted by Gasteiger charge is 2.05. The molecule has 0 aliphatic rings. The summed E-state index contributed by atoms with van der Waals surface area (Å²) in [7, 11) is 0. The fourth-order valence-corrected chi connectivity index (χ4v) is 1.84. The first kappa shape index (κ1) is 8.69. The summed E-state index contributed by atoms with van der Waals surface area (Å²) in [6, 6.07) is 1.94. The van der Waals surface area contributed by atoms with E-state index in [9.17, 15) is 0 Å². The van der Waals surface area contributed by atoms with Crippen LogP contribution >= 0.6 is 15.9 Å². The lowest BCUT2D eigenvalue weighted by Crippen LogP contribution is -1.96. The number of hydrogen-bond acceptors (Lipinski definition) is 2. The van der Waals surface area contributed by atoms with Gasteiger partial charge in [-0.2, -0.15) is 0 Å². The maximum atomic E-state index is 4.44. The van der Waals surface area contributed by atoms with E-state index in [1.165, 1.54) is 0 Å². The molecule has 0 unspecified atom stereocenters. The van der Waals surface area contributed by atoms with Crippen LogP contribution in [0.4, 0.5) is 0 Å². The number of rotatable bonds is 1. The molecule has 0 aliphatic carbocycles. The lowest BCUT2D eigenvalue weighted by molar-refractivity contribution is 0.752. The van der Waals surface area contributed by atoms with E-state index in [2.05, 4.69) is 37.4 Å². The zero-order valence-corrected chi connectivity index (χ0v) is 9.17. The molecule has 2 aromatic heterocycles. The molecule has 4 heteroatoms. The molecule has 0 bridgehead atoms. The molecule has 0 atom stereocenters. The molecule has 0 aromatic carbocycles. The van der Waals surface area contributed by atoms with E-state index in [0.717, 1.165) is 28.0 Å². The van der Waals surface area contributed by atoms with Crippen molar-refractivity contribution in [3.63, 3.8) is 0 Å². The zero-order chi connectivity index (χ0) is 9.42. The van der Waals surface area contributed by atoms with Crippen LogP contribution in [0.3, 0.4) is 0 Å². The maximum Gasteiger partial charge on any atom is 0.108 e. The first-order valence-corrected chi connectivity index (χ1v) is 5.00. The number of aromatic nitrogens is 3. The van der Waals surface area contributed by atoms with Crippen molar-refractivity contribution in [1.29, 1.82) is 0 Å². The van der Waals surface area contributed by atoms with Crippen LogP contribution in [0.5, 0.6) is 0 Å². The summed E-state index contributed by atoms with van der Waals surface area (Å²) >= 11 is 3.33. The van der Waals surface area contributed by atoms with Crippen LogP contribution in [0.15, 0.2) is 16.9 Å². The predicted molar refractivity (Wildman–Crippen MR) is 55.6 cm³/mol. The second-order valence-corrected chi connectivity index (χ2v) is 3.71. The first-order valence-electron chi connectivity index (χ1n) is 4.20. The minimum atomic E-state index is 0.834. The van der Waals surface area contributed by atoms with Gasteiger partial charge in [0.15, 0.2) is 0 Å². The van der Waals surface area contributed by atoms with Gasteiger partial charge >= 0.3 is 0 Å². The summed E-state index contributed by atoms with van der Waals surface area (Å²) in [5.41, 5.74) is 2.10. The van der Waals surface area contributed by atoms with Gasteiger partial charge in [-0.1, -0.05) is 0 Å². The van der Waals surface area contributed by atoms with Crippen molar-refractivity contribution < 1.29 is 0 Å². The molecular weight excluding hydrogens is 230 g/mol. The number of halogens is 1. The number of nitrogens with zero attached hydrogens (tertiary/aromatic N) is 3. The van der Waals surface area contributed by atoms with Crippen molar-refractivity contribution >= 4 is 27.0 Å². The Bertz CT molecular complexity index is 447. The van der Waals surface area contributed by atoms with Crippen LogP contribution in [-0.2, 0) is 6.54 Å². The second-order valence-electron chi connectivity index (χ2n) is 2.90. The third kappa shape index (κ3) is 1.35. The van der Waals surface area contributed by atoms with Gasteiger partial charge in [-0.25, -0.2) is 9.97 Å². The van der Waals surface area contributed by atoms with Crippen LogP contribution < -0.4 is 0 Å². The fourth-order valence-electron chi connectivity index (χ4n) is 1.52. The number of imidazole rings is 1. The highest BCUT2D eigenvalue weighted by atomic mass is 79.9. The van der Waals surface area contributed by atoms with Gasteiger partial charge in [-0.3, -0.25) is 0 Å². The van der Waals surface area contributed by atoms with Crippen molar-refractivity contribution in [2.75, 3.05) is 0 Å². The van der Waals surface area contributed by atoms with Gasteiger partial charge in [0.05, 0.1) is 17.2 Å². The SMILES string of the molecule is CCn1c(C)nc2cc(Br)ncc21. The smallest absolute Gasteiger partial charge is 0.108 e. The second kappa shape index (κ2) is 3.10. The average Bonchev–Trinajstić information content (AvgIpc) is 2.39. The fraction of sp³-hybridized carbons (Fsp3) is 0.333. The van der Waals surface area contributed by atoms with E-state index >= 15 is 0 Å². The van der Waals surface area contributed by atoms with E-state index < -0.39 is 0 Å². The Morgan fingerprint density at radius 3 is 3.00 bits per heavy atom. The molecule has 3 nitrogen and oxygen atoms in total. The van der Waals surface area contributed by atoms with Gasteiger partial charge in [0, 0.05) is 6.54 Å². The summed E-state index contributed by atoms with van der Waals surface area (Å²) in [6.45, 7) is 5.05. The van der Waals surface area contributed by atoms with E-state index in [1.807, 2.05) is 19.2 Å². The molecule has 2 rings (SSSR count). The monoisotopic (exact) mass is 239 g/mol. The van der Waals surface area contributed by atoms with Gasteiger partial charge in [0.1, 0.15) is 10.4 Å². The molecule has 0 radical (unpaired) electrons. The molecule has 0 amide bonds. The topological polar surface area (TPSA) is 30.7 Å². The van der Waals surface area contributed by atoms with E-state index in [4.69, 9.17) is 0 Å². The standard InChI is InChI=1S/C9H10BrN3/c1-3-13-6(2)12-7-4-9(10)11-5-8(7)13/h4-5H,3H2,1-2H3. The summed E-state index contributed by atoms with van der Waals surface area (Å²) in [4.78, 5) is 8.62. The van der Waals surface area contributed by atoms with E-state index in [-0.39, 0.29) is 0 Å². The van der Waals surface area contributed by atoms with Crippen molar-refractivity contribution in [2.24, 2.45) is 0 Å². The highest BCUT2D eigenvalue weighted by Crippen LogP contribution is 2.17. The lowest BCUT2D eigenvalue weighted by Gasteiger charge is -2.00. The van der Waals surface area contributed by atoms with Gasteiger partial charge in [-0.15, -0.1) is 0 Å². The average molecular weight is 240 g/mol. The molecule has 0 spiro atoms. The number of hydrogen-bond donors (Lipinski definition) is 0. The number of fused-ring (bicyclic) bond motifs is 1. The van der Waals surface area contributed by atoms with E-state index in [0.29, 0.717) is 0 Å². The molecule has 0 saturated carbocycles. The summed E-state index contributed by atoms with van der Waals surface area (Å²) in [5.74, 6) is 1.04. The third-order valence-electron chi connectivity index (χ3n) is 2.11. The molecule has 13 heavy (non-hydrogen) atoms. The Balaban J connectivity index is 2.79. The highest BCUT2D eigenvalue weighted by molar-refractivity contribution is 9.10. The van der Waals surface area contributed by atoms with Crippen molar-refractivity contribution in [2.45, 2.75) is 20.4 Å². The quantitative estimate of drug-likeness (QED) is 0.717. The summed E-state index contributed by atoms with van der Waals surface area (Å²) < 4.78 is 2.98. The Labute approximate surface area is 84.9 Å². The zero-order valence-electron chi connectivity index (χ0n) is 7.58. The largest absolute Gasteiger partial charge is 0.327 e. The van der Waals surface area contributed by atoms with Crippen LogP contribution in [0.25, 0.3) is 11.0 Å². The Kier molecular flexibility index (Phi) is 2.07. The normalized spacial score (nSPS) is 11.0. The summed E-state index contributed by atoms with van der Waals surface area (Å²) in [5, 5.41) is 0. The molecule has 0 aliphatic heterocycles. The number of aryl methyl sites for hydroxylation is 2. The molecule has 0 saturated heterocycles. The Morgan fingerprint density at radius 1 is 1.54 bits per heavy atom. The molecule has 2 aromatic rings. The van der Waals surface area contributed by atoms with Gasteiger partial charge in [0.25, 0.3) is 0 Å².